The van der Waals surface area contributed by atoms with Gasteiger partial charge in [0.25, 0.3) is 0 Å². The summed E-state index contributed by atoms with van der Waals surface area (Å²) in [7, 11) is 2.08. The average Bonchev–Trinajstić information content (AvgIpc) is 2.63. The molecule has 0 saturated heterocycles. The van der Waals surface area contributed by atoms with Gasteiger partial charge in [0.1, 0.15) is 6.20 Å². The first-order valence-electron chi connectivity index (χ1n) is 9.31. The molecule has 2 heterocycles. The van der Waals surface area contributed by atoms with E-state index in [1.54, 1.807) is 0 Å². The van der Waals surface area contributed by atoms with E-state index in [4.69, 9.17) is 4.98 Å². The molecule has 0 saturated carbocycles. The van der Waals surface area contributed by atoms with Crippen molar-refractivity contribution in [2.45, 2.75) is 27.7 Å². The van der Waals surface area contributed by atoms with Crippen molar-refractivity contribution in [2.75, 3.05) is 0 Å². The molecule has 3 nitrogen and oxygen atoms in total. The second kappa shape index (κ2) is 6.58. The third-order valence-electron chi connectivity index (χ3n) is 5.29. The minimum atomic E-state index is 0.999. The normalized spacial score (nSPS) is 11.1. The number of aryl methyl sites for hydroxylation is 4. The Bertz CT molecular complexity index is 1180. The maximum Gasteiger partial charge on any atom is 0.331 e. The summed E-state index contributed by atoms with van der Waals surface area (Å²) in [5, 5.41) is 1.15. The van der Waals surface area contributed by atoms with Crippen LogP contribution in [0.4, 0.5) is 0 Å². The SMILES string of the molecule is Cc1cc(C)c(-[n+]2ccccc2C)c(C)c1-c1nc2ccccc2c[n+]1C. The van der Waals surface area contributed by atoms with Crippen LogP contribution >= 0.6 is 0 Å². The fraction of sp³-hybridized carbons (Fsp3) is 0.208. The number of fused-ring (bicyclic) bond motifs is 1. The van der Waals surface area contributed by atoms with Gasteiger partial charge in [-0.05, 0) is 49.5 Å². The van der Waals surface area contributed by atoms with Gasteiger partial charge in [-0.2, -0.15) is 4.57 Å². The van der Waals surface area contributed by atoms with E-state index >= 15 is 0 Å². The zero-order valence-corrected chi connectivity index (χ0v) is 16.6. The lowest BCUT2D eigenvalue weighted by Gasteiger charge is -2.12. The molecule has 0 aliphatic rings. The van der Waals surface area contributed by atoms with Gasteiger partial charge in [0.15, 0.2) is 17.4 Å². The number of nitrogens with zero attached hydrogens (tertiary/aromatic N) is 3. The summed E-state index contributed by atoms with van der Waals surface area (Å²) in [6.07, 6.45) is 4.30. The van der Waals surface area contributed by atoms with Crippen molar-refractivity contribution in [3.63, 3.8) is 0 Å². The molecule has 0 fully saturated rings. The van der Waals surface area contributed by atoms with E-state index in [0.717, 1.165) is 16.7 Å². The molecule has 2 aromatic carbocycles. The number of pyridine rings is 1. The Hall–Kier alpha value is -3.07. The fourth-order valence-corrected chi connectivity index (χ4v) is 4.06. The van der Waals surface area contributed by atoms with E-state index < -0.39 is 0 Å². The van der Waals surface area contributed by atoms with Gasteiger partial charge in [-0.1, -0.05) is 18.2 Å². The highest BCUT2D eigenvalue weighted by molar-refractivity contribution is 5.79. The molecule has 0 unspecified atom stereocenters. The van der Waals surface area contributed by atoms with E-state index in [0.29, 0.717) is 0 Å². The maximum atomic E-state index is 5.01. The Balaban J connectivity index is 2.04. The number of hydrogen-bond donors (Lipinski definition) is 0. The van der Waals surface area contributed by atoms with Crippen LogP contribution in [0.15, 0.2) is 60.9 Å². The second-order valence-corrected chi connectivity index (χ2v) is 7.31. The van der Waals surface area contributed by atoms with Crippen LogP contribution in [0.1, 0.15) is 22.4 Å². The molecule has 0 spiro atoms. The Morgan fingerprint density at radius 1 is 0.852 bits per heavy atom. The molecular formula is C24H25N3+2. The van der Waals surface area contributed by atoms with Gasteiger partial charge in [0.05, 0.1) is 18.0 Å². The van der Waals surface area contributed by atoms with Gasteiger partial charge < -0.3 is 0 Å². The average molecular weight is 355 g/mol. The van der Waals surface area contributed by atoms with Crippen molar-refractivity contribution < 1.29 is 9.13 Å². The molecule has 0 bridgehead atoms. The number of para-hydroxylation sites is 1. The second-order valence-electron chi connectivity index (χ2n) is 7.31. The maximum absolute atomic E-state index is 5.01. The van der Waals surface area contributed by atoms with Crippen molar-refractivity contribution in [3.05, 3.63) is 83.3 Å². The first-order valence-corrected chi connectivity index (χ1v) is 9.31. The highest BCUT2D eigenvalue weighted by Gasteiger charge is 2.26. The first-order chi connectivity index (χ1) is 13.0. The number of aromatic nitrogens is 3. The van der Waals surface area contributed by atoms with Crippen LogP contribution in [-0.2, 0) is 7.05 Å². The highest BCUT2D eigenvalue weighted by atomic mass is 15.0. The summed E-state index contributed by atoms with van der Waals surface area (Å²) in [6.45, 7) is 8.72. The zero-order chi connectivity index (χ0) is 19.1. The Morgan fingerprint density at radius 3 is 2.37 bits per heavy atom. The summed E-state index contributed by atoms with van der Waals surface area (Å²) in [5.41, 5.74) is 8.47. The van der Waals surface area contributed by atoms with Crippen LogP contribution in [0.25, 0.3) is 28.0 Å². The number of rotatable bonds is 2. The van der Waals surface area contributed by atoms with Crippen molar-refractivity contribution in [3.8, 4) is 17.1 Å². The molecule has 0 aliphatic carbocycles. The molecule has 0 radical (unpaired) electrons. The number of benzene rings is 2. The summed E-state index contributed by atoms with van der Waals surface area (Å²) in [4.78, 5) is 5.01. The lowest BCUT2D eigenvalue weighted by molar-refractivity contribution is -0.661. The molecule has 4 aromatic rings. The fourth-order valence-electron chi connectivity index (χ4n) is 4.06. The van der Waals surface area contributed by atoms with Crippen molar-refractivity contribution in [1.82, 2.24) is 4.98 Å². The van der Waals surface area contributed by atoms with Crippen LogP contribution in [0, 0.1) is 27.7 Å². The van der Waals surface area contributed by atoms with Crippen LogP contribution in [0.3, 0.4) is 0 Å². The number of hydrogen-bond acceptors (Lipinski definition) is 1. The largest absolute Gasteiger partial charge is 0.331 e. The minimum absolute atomic E-state index is 0.999. The highest BCUT2D eigenvalue weighted by Crippen LogP contribution is 2.30. The molecule has 2 aromatic heterocycles. The Morgan fingerprint density at radius 2 is 1.59 bits per heavy atom. The lowest BCUT2D eigenvalue weighted by atomic mass is 9.95. The molecule has 0 aliphatic heterocycles. The molecule has 4 rings (SSSR count). The van der Waals surface area contributed by atoms with Crippen molar-refractivity contribution >= 4 is 10.9 Å². The predicted molar refractivity (Wildman–Crippen MR) is 109 cm³/mol. The van der Waals surface area contributed by atoms with Gasteiger partial charge in [0.2, 0.25) is 5.69 Å². The van der Waals surface area contributed by atoms with E-state index in [1.807, 2.05) is 6.07 Å². The standard InChI is InChI=1S/C24H25N3/c1-16-14-17(2)23(27-13-9-8-10-18(27)3)19(4)22(16)24-25-21-12-7-6-11-20(21)15-26(24)5/h6-15H,1-5H3/q+2. The summed E-state index contributed by atoms with van der Waals surface area (Å²) < 4.78 is 4.41. The molecular weight excluding hydrogens is 330 g/mol. The van der Waals surface area contributed by atoms with Gasteiger partial charge in [0, 0.05) is 30.2 Å². The Kier molecular flexibility index (Phi) is 4.23. The Labute approximate surface area is 160 Å². The molecule has 134 valence electrons. The molecule has 3 heteroatoms. The van der Waals surface area contributed by atoms with Gasteiger partial charge >= 0.3 is 5.82 Å². The first kappa shape index (κ1) is 17.3. The third kappa shape index (κ3) is 2.89. The predicted octanol–water partition coefficient (Wildman–Crippen LogP) is 4.24. The van der Waals surface area contributed by atoms with Crippen LogP contribution in [0.2, 0.25) is 0 Å². The molecule has 0 atom stereocenters. The zero-order valence-electron chi connectivity index (χ0n) is 16.6. The van der Waals surface area contributed by atoms with E-state index in [-0.39, 0.29) is 0 Å². The molecule has 0 amide bonds. The van der Waals surface area contributed by atoms with Crippen LogP contribution in [0.5, 0.6) is 0 Å². The topological polar surface area (TPSA) is 20.6 Å². The summed E-state index contributed by atoms with van der Waals surface area (Å²) in [5.74, 6) is 0.999. The third-order valence-corrected chi connectivity index (χ3v) is 5.29. The minimum Gasteiger partial charge on any atom is -0.232 e. The molecule has 0 N–H and O–H groups in total. The quantitative estimate of drug-likeness (QED) is 0.493. The smallest absolute Gasteiger partial charge is 0.232 e. The van der Waals surface area contributed by atoms with Crippen LogP contribution in [-0.4, -0.2) is 4.98 Å². The lowest BCUT2D eigenvalue weighted by Crippen LogP contribution is -2.37. The van der Waals surface area contributed by atoms with E-state index in [1.165, 1.54) is 33.6 Å². The van der Waals surface area contributed by atoms with Crippen molar-refractivity contribution in [2.24, 2.45) is 7.05 Å². The van der Waals surface area contributed by atoms with Gasteiger partial charge in [-0.15, -0.1) is 0 Å². The summed E-state index contributed by atoms with van der Waals surface area (Å²) >= 11 is 0. The molecule has 27 heavy (non-hydrogen) atoms. The van der Waals surface area contributed by atoms with E-state index in [2.05, 4.69) is 98.7 Å². The van der Waals surface area contributed by atoms with Crippen molar-refractivity contribution in [1.29, 1.82) is 0 Å². The van der Waals surface area contributed by atoms with Gasteiger partial charge in [-0.25, -0.2) is 4.57 Å². The van der Waals surface area contributed by atoms with Crippen LogP contribution < -0.4 is 9.13 Å². The van der Waals surface area contributed by atoms with E-state index in [9.17, 15) is 0 Å². The summed E-state index contributed by atoms with van der Waals surface area (Å²) in [6, 6.07) is 16.9. The monoisotopic (exact) mass is 355 g/mol. The van der Waals surface area contributed by atoms with Gasteiger partial charge in [-0.3, -0.25) is 0 Å².